The van der Waals surface area contributed by atoms with Crippen LogP contribution in [0.5, 0.6) is 5.88 Å². The van der Waals surface area contributed by atoms with Crippen molar-refractivity contribution in [1.29, 1.82) is 10.5 Å². The van der Waals surface area contributed by atoms with Crippen LogP contribution in [-0.2, 0) is 10.5 Å². The number of methoxy groups -OCH3 is 1. The van der Waals surface area contributed by atoms with Gasteiger partial charge in [0.25, 0.3) is 0 Å². The van der Waals surface area contributed by atoms with Gasteiger partial charge in [-0.25, -0.2) is 9.97 Å². The molecule has 156 valence electrons. The van der Waals surface area contributed by atoms with Gasteiger partial charge in [-0.1, -0.05) is 11.8 Å². The number of nitrogens with zero attached hydrogens (tertiary/aromatic N) is 6. The number of hydrogen-bond donors (Lipinski definition) is 1. The minimum atomic E-state index is 0.276. The van der Waals surface area contributed by atoms with Crippen molar-refractivity contribution in [3.05, 3.63) is 53.5 Å². The maximum absolute atomic E-state index is 9.92. The van der Waals surface area contributed by atoms with Crippen LogP contribution in [0.4, 0.5) is 5.82 Å². The lowest BCUT2D eigenvalue weighted by molar-refractivity contribution is 0.144. The van der Waals surface area contributed by atoms with E-state index in [1.54, 1.807) is 44.8 Å². The van der Waals surface area contributed by atoms with Crippen molar-refractivity contribution in [2.45, 2.75) is 10.8 Å². The number of nitrogens with one attached hydrogen (secondary N) is 1. The lowest BCUT2D eigenvalue weighted by Gasteiger charge is -2.14. The van der Waals surface area contributed by atoms with E-state index in [-0.39, 0.29) is 5.56 Å². The largest absolute Gasteiger partial charge is 0.475 e. The first-order valence-electron chi connectivity index (χ1n) is 9.25. The van der Waals surface area contributed by atoms with Crippen LogP contribution >= 0.6 is 11.8 Å². The molecule has 3 aromatic rings. The van der Waals surface area contributed by atoms with E-state index in [2.05, 4.69) is 37.6 Å². The molecule has 3 heterocycles. The molecule has 0 aliphatic carbocycles. The monoisotopic (exact) mass is 433 g/mol. The first-order valence-corrected chi connectivity index (χ1v) is 10.2. The summed E-state index contributed by atoms with van der Waals surface area (Å²) in [5, 5.41) is 31.1. The minimum absolute atomic E-state index is 0.276. The van der Waals surface area contributed by atoms with Crippen LogP contribution in [0.25, 0.3) is 11.1 Å². The molecule has 1 N–H and O–H groups in total. The molecule has 0 fully saturated rings. The molecule has 0 aromatic carbocycles. The molecule has 0 saturated carbocycles. The van der Waals surface area contributed by atoms with Gasteiger partial charge in [-0.15, -0.1) is 0 Å². The molecule has 0 aliphatic heterocycles. The Balaban J connectivity index is 2.01. The van der Waals surface area contributed by atoms with Crippen molar-refractivity contribution in [3.63, 3.8) is 0 Å². The number of ether oxygens (including phenoxy) is 2. The Bertz CT molecular complexity index is 1110. The van der Waals surface area contributed by atoms with Gasteiger partial charge in [0, 0.05) is 49.5 Å². The van der Waals surface area contributed by atoms with Crippen LogP contribution in [0.1, 0.15) is 16.8 Å². The smallest absolute Gasteiger partial charge is 0.213 e. The molecule has 0 aliphatic rings. The van der Waals surface area contributed by atoms with E-state index in [0.29, 0.717) is 52.4 Å². The van der Waals surface area contributed by atoms with Crippen LogP contribution in [0.15, 0.2) is 41.7 Å². The molecule has 3 rings (SSSR count). The summed E-state index contributed by atoms with van der Waals surface area (Å²) in [6.45, 7) is 0.820. The summed E-state index contributed by atoms with van der Waals surface area (Å²) in [5.74, 6) is 1.30. The summed E-state index contributed by atoms with van der Waals surface area (Å²) in [4.78, 5) is 8.80. The molecule has 0 amide bonds. The SMILES string of the molecule is CNc1nc(SCc2cccnn2)c(C#N)c(-c2ccc(OCCOC)nc2)c1C#N. The molecular weight excluding hydrogens is 414 g/mol. The fraction of sp³-hybridized carbons (Fsp3) is 0.238. The van der Waals surface area contributed by atoms with Crippen LogP contribution in [0, 0.1) is 22.7 Å². The number of pyridine rings is 2. The quantitative estimate of drug-likeness (QED) is 0.397. The summed E-state index contributed by atoms with van der Waals surface area (Å²) in [6.07, 6.45) is 3.18. The second-order valence-corrected chi connectivity index (χ2v) is 7.06. The second-order valence-electron chi connectivity index (χ2n) is 6.09. The van der Waals surface area contributed by atoms with Crippen molar-refractivity contribution < 1.29 is 9.47 Å². The molecule has 3 aromatic heterocycles. The Hall–Kier alpha value is -3.73. The molecule has 0 atom stereocenters. The highest BCUT2D eigenvalue weighted by Crippen LogP contribution is 2.37. The number of rotatable bonds is 9. The Kier molecular flexibility index (Phi) is 7.71. The summed E-state index contributed by atoms with van der Waals surface area (Å²) >= 11 is 1.35. The molecule has 10 heteroatoms. The number of hydrogen-bond acceptors (Lipinski definition) is 10. The number of thioether (sulfide) groups is 1. The molecule has 0 unspecified atom stereocenters. The van der Waals surface area contributed by atoms with Gasteiger partial charge in [0.15, 0.2) is 0 Å². The van der Waals surface area contributed by atoms with Crippen molar-refractivity contribution in [2.24, 2.45) is 0 Å². The predicted molar refractivity (Wildman–Crippen MR) is 115 cm³/mol. The van der Waals surface area contributed by atoms with Gasteiger partial charge in [0.2, 0.25) is 5.88 Å². The second kappa shape index (κ2) is 10.9. The minimum Gasteiger partial charge on any atom is -0.475 e. The van der Waals surface area contributed by atoms with E-state index in [1.807, 2.05) is 6.07 Å². The summed E-state index contributed by atoms with van der Waals surface area (Å²) in [7, 11) is 3.27. The van der Waals surface area contributed by atoms with Crippen LogP contribution in [-0.4, -0.2) is 47.5 Å². The standard InChI is InChI=1S/C21H19N7O2S/c1-24-20-16(10-22)19(14-5-6-18(25-12-14)30-9-8-29-2)17(11-23)21(27-20)31-13-15-4-3-7-26-28-15/h3-7,12H,8-9,13H2,1-2H3,(H,24,27). The zero-order chi connectivity index (χ0) is 22.1. The third-order valence-corrected chi connectivity index (χ3v) is 5.18. The highest BCUT2D eigenvalue weighted by Gasteiger charge is 2.21. The predicted octanol–water partition coefficient (Wildman–Crippen LogP) is 3.04. The van der Waals surface area contributed by atoms with E-state index in [9.17, 15) is 10.5 Å². The topological polar surface area (TPSA) is 130 Å². The Labute approximate surface area is 184 Å². The van der Waals surface area contributed by atoms with Crippen molar-refractivity contribution in [1.82, 2.24) is 20.2 Å². The Morgan fingerprint density at radius 3 is 2.58 bits per heavy atom. The van der Waals surface area contributed by atoms with Crippen LogP contribution in [0.2, 0.25) is 0 Å². The van der Waals surface area contributed by atoms with Crippen LogP contribution in [0.3, 0.4) is 0 Å². The average Bonchev–Trinajstić information content (AvgIpc) is 2.82. The fourth-order valence-electron chi connectivity index (χ4n) is 2.75. The molecule has 0 radical (unpaired) electrons. The lowest BCUT2D eigenvalue weighted by Crippen LogP contribution is -2.06. The zero-order valence-electron chi connectivity index (χ0n) is 17.0. The van der Waals surface area contributed by atoms with Gasteiger partial charge >= 0.3 is 0 Å². The third kappa shape index (κ3) is 5.25. The van der Waals surface area contributed by atoms with Crippen molar-refractivity contribution in [2.75, 3.05) is 32.7 Å². The molecule has 9 nitrogen and oxygen atoms in total. The van der Waals surface area contributed by atoms with Gasteiger partial charge in [-0.05, 0) is 18.2 Å². The Morgan fingerprint density at radius 1 is 1.13 bits per heavy atom. The molecule has 0 bridgehead atoms. The van der Waals surface area contributed by atoms with E-state index in [0.717, 1.165) is 5.69 Å². The van der Waals surface area contributed by atoms with E-state index >= 15 is 0 Å². The van der Waals surface area contributed by atoms with Gasteiger partial charge in [0.1, 0.15) is 35.2 Å². The van der Waals surface area contributed by atoms with Crippen molar-refractivity contribution >= 4 is 17.6 Å². The van der Waals surface area contributed by atoms with E-state index in [4.69, 9.17) is 9.47 Å². The third-order valence-electron chi connectivity index (χ3n) is 4.17. The van der Waals surface area contributed by atoms with Crippen LogP contribution < -0.4 is 10.1 Å². The normalized spacial score (nSPS) is 10.2. The lowest BCUT2D eigenvalue weighted by atomic mass is 9.98. The summed E-state index contributed by atoms with van der Waals surface area (Å²) in [5.41, 5.74) is 2.43. The first kappa shape index (κ1) is 22.0. The summed E-state index contributed by atoms with van der Waals surface area (Å²) in [6, 6.07) is 11.5. The van der Waals surface area contributed by atoms with E-state index in [1.165, 1.54) is 11.8 Å². The molecular formula is C21H19N7O2S. The van der Waals surface area contributed by atoms with E-state index < -0.39 is 0 Å². The number of anilines is 1. The van der Waals surface area contributed by atoms with Gasteiger partial charge in [-0.3, -0.25) is 0 Å². The number of aromatic nitrogens is 4. The molecule has 31 heavy (non-hydrogen) atoms. The highest BCUT2D eigenvalue weighted by atomic mass is 32.2. The molecule has 0 saturated heterocycles. The fourth-order valence-corrected chi connectivity index (χ4v) is 3.63. The highest BCUT2D eigenvalue weighted by molar-refractivity contribution is 7.98. The number of nitriles is 2. The Morgan fingerprint density at radius 2 is 1.97 bits per heavy atom. The molecule has 0 spiro atoms. The van der Waals surface area contributed by atoms with Gasteiger partial charge in [0.05, 0.1) is 17.9 Å². The maximum Gasteiger partial charge on any atom is 0.213 e. The average molecular weight is 433 g/mol. The van der Waals surface area contributed by atoms with Gasteiger partial charge < -0.3 is 14.8 Å². The first-order chi connectivity index (χ1) is 15.2. The zero-order valence-corrected chi connectivity index (χ0v) is 17.8. The summed E-state index contributed by atoms with van der Waals surface area (Å²) < 4.78 is 10.5. The van der Waals surface area contributed by atoms with Gasteiger partial charge in [-0.2, -0.15) is 20.7 Å². The van der Waals surface area contributed by atoms with Crippen molar-refractivity contribution in [3.8, 4) is 29.1 Å². The maximum atomic E-state index is 9.92.